The molecule has 0 aromatic rings. The lowest BCUT2D eigenvalue weighted by atomic mass is 10.1. The molecule has 0 saturated carbocycles. The molecule has 0 spiro atoms. The number of hydrogen-bond acceptors (Lipinski definition) is 4. The van der Waals surface area contributed by atoms with Crippen LogP contribution in [0.4, 0.5) is 0 Å². The van der Waals surface area contributed by atoms with Crippen LogP contribution in [0.25, 0.3) is 0 Å². The maximum Gasteiger partial charge on any atom is 0.306 e. The normalized spacial score (nSPS) is 13.7. The predicted octanol–water partition coefficient (Wildman–Crippen LogP) is 13.3. The molecule has 4 nitrogen and oxygen atoms in total. The number of aliphatic hydroxyl groups is 1. The van der Waals surface area contributed by atoms with Gasteiger partial charge < -0.3 is 14.6 Å². The van der Waals surface area contributed by atoms with Gasteiger partial charge in [0.2, 0.25) is 0 Å². The average molecular weight is 703 g/mol. The van der Waals surface area contributed by atoms with Crippen LogP contribution in [0, 0.1) is 0 Å². The van der Waals surface area contributed by atoms with E-state index in [2.05, 4.69) is 135 Å². The molecular weight excluding hydrogens is 629 g/mol. The molecule has 0 amide bonds. The van der Waals surface area contributed by atoms with E-state index in [1.165, 1.54) is 25.7 Å². The third-order valence-corrected chi connectivity index (χ3v) is 7.78. The fourth-order valence-electron chi connectivity index (χ4n) is 4.86. The van der Waals surface area contributed by atoms with Crippen molar-refractivity contribution >= 4 is 5.97 Å². The zero-order chi connectivity index (χ0) is 37.0. The minimum atomic E-state index is -0.581. The Hall–Kier alpha value is -3.21. The first kappa shape index (κ1) is 47.8. The third-order valence-electron chi connectivity index (χ3n) is 7.78. The van der Waals surface area contributed by atoms with E-state index in [0.29, 0.717) is 13.0 Å². The molecule has 0 aromatic heterocycles. The molecule has 0 radical (unpaired) electrons. The Morgan fingerprint density at radius 2 is 0.824 bits per heavy atom. The van der Waals surface area contributed by atoms with E-state index in [1.54, 1.807) is 0 Å². The van der Waals surface area contributed by atoms with Gasteiger partial charge in [0.05, 0.1) is 13.2 Å². The van der Waals surface area contributed by atoms with E-state index in [4.69, 9.17) is 9.47 Å². The Kier molecular flexibility index (Phi) is 40.3. The molecule has 0 rings (SSSR count). The van der Waals surface area contributed by atoms with Gasteiger partial charge in [-0.25, -0.2) is 0 Å². The lowest BCUT2D eigenvalue weighted by Crippen LogP contribution is -2.27. The van der Waals surface area contributed by atoms with E-state index in [-0.39, 0.29) is 19.2 Å². The highest BCUT2D eigenvalue weighted by Crippen LogP contribution is 2.09. The molecule has 0 aliphatic heterocycles. The van der Waals surface area contributed by atoms with Crippen LogP contribution in [-0.2, 0) is 14.3 Å². The minimum Gasteiger partial charge on any atom is -0.457 e. The second-order valence-electron chi connectivity index (χ2n) is 12.6. The van der Waals surface area contributed by atoms with E-state index in [1.807, 2.05) is 0 Å². The summed E-state index contributed by atoms with van der Waals surface area (Å²) in [5.41, 5.74) is 0. The molecule has 0 aliphatic carbocycles. The molecular formula is C47H74O4. The van der Waals surface area contributed by atoms with Gasteiger partial charge in [-0.2, -0.15) is 0 Å². The number of hydrogen-bond donors (Lipinski definition) is 1. The summed E-state index contributed by atoms with van der Waals surface area (Å²) in [5, 5.41) is 9.58. The van der Waals surface area contributed by atoms with Crippen LogP contribution in [0.1, 0.15) is 142 Å². The van der Waals surface area contributed by atoms with Gasteiger partial charge in [-0.1, -0.05) is 161 Å². The number of carbonyl (C=O) groups is 1. The number of rotatable bonds is 35. The van der Waals surface area contributed by atoms with Crippen LogP contribution < -0.4 is 0 Å². The van der Waals surface area contributed by atoms with Crippen molar-refractivity contribution in [3.63, 3.8) is 0 Å². The number of allylic oxidation sites excluding steroid dienone is 20. The highest BCUT2D eigenvalue weighted by atomic mass is 16.6. The van der Waals surface area contributed by atoms with Gasteiger partial charge in [0.25, 0.3) is 0 Å². The smallest absolute Gasteiger partial charge is 0.306 e. The van der Waals surface area contributed by atoms with Crippen molar-refractivity contribution in [2.45, 2.75) is 148 Å². The molecule has 4 heteroatoms. The van der Waals surface area contributed by atoms with E-state index in [9.17, 15) is 9.90 Å². The fraction of sp³-hybridized carbons (Fsp3) is 0.553. The monoisotopic (exact) mass is 703 g/mol. The first-order valence-corrected chi connectivity index (χ1v) is 20.1. The molecule has 1 N–H and O–H groups in total. The summed E-state index contributed by atoms with van der Waals surface area (Å²) >= 11 is 0. The van der Waals surface area contributed by atoms with Crippen molar-refractivity contribution in [2.75, 3.05) is 19.8 Å². The van der Waals surface area contributed by atoms with Crippen molar-refractivity contribution in [1.82, 2.24) is 0 Å². The second kappa shape index (κ2) is 43.0. The summed E-state index contributed by atoms with van der Waals surface area (Å²) in [6.07, 6.45) is 63.9. The maximum absolute atomic E-state index is 12.2. The van der Waals surface area contributed by atoms with Crippen molar-refractivity contribution in [1.29, 1.82) is 0 Å². The van der Waals surface area contributed by atoms with Gasteiger partial charge in [-0.05, 0) is 96.3 Å². The fourth-order valence-corrected chi connectivity index (χ4v) is 4.86. The van der Waals surface area contributed by atoms with Crippen LogP contribution in [0.2, 0.25) is 0 Å². The van der Waals surface area contributed by atoms with Crippen molar-refractivity contribution in [3.8, 4) is 0 Å². The summed E-state index contributed by atoms with van der Waals surface area (Å²) < 4.78 is 11.1. The number of ether oxygens (including phenoxy) is 2. The van der Waals surface area contributed by atoms with Gasteiger partial charge in [-0.3, -0.25) is 4.79 Å². The number of carbonyl (C=O) groups excluding carboxylic acids is 1. The zero-order valence-electron chi connectivity index (χ0n) is 32.6. The van der Waals surface area contributed by atoms with E-state index in [0.717, 1.165) is 96.3 Å². The van der Waals surface area contributed by atoms with Crippen molar-refractivity contribution in [2.24, 2.45) is 0 Å². The maximum atomic E-state index is 12.2. The van der Waals surface area contributed by atoms with Gasteiger partial charge in [0, 0.05) is 13.0 Å². The molecule has 0 fully saturated rings. The molecule has 0 bridgehead atoms. The Balaban J connectivity index is 3.66. The van der Waals surface area contributed by atoms with Crippen LogP contribution in [0.3, 0.4) is 0 Å². The first-order chi connectivity index (χ1) is 25.2. The topological polar surface area (TPSA) is 55.8 Å². The molecule has 1 atom stereocenters. The Bertz CT molecular complexity index is 1050. The predicted molar refractivity (Wildman–Crippen MR) is 223 cm³/mol. The van der Waals surface area contributed by atoms with Gasteiger partial charge in [0.15, 0.2) is 0 Å². The Morgan fingerprint density at radius 3 is 1.24 bits per heavy atom. The lowest BCUT2D eigenvalue weighted by molar-refractivity contribution is -0.154. The van der Waals surface area contributed by atoms with E-state index < -0.39 is 6.10 Å². The minimum absolute atomic E-state index is 0.210. The summed E-state index contributed by atoms with van der Waals surface area (Å²) in [6.45, 7) is 5.00. The van der Waals surface area contributed by atoms with Crippen molar-refractivity contribution < 1.29 is 19.4 Å². The summed E-state index contributed by atoms with van der Waals surface area (Å²) in [5.74, 6) is -0.269. The van der Waals surface area contributed by atoms with Gasteiger partial charge >= 0.3 is 5.97 Å². The highest BCUT2D eigenvalue weighted by Gasteiger charge is 2.13. The molecule has 51 heavy (non-hydrogen) atoms. The SMILES string of the molecule is CC/C=C\C/C=C\C/C=C\C/C=C\C/C=C\C/C=C\C/C=C\CCCC(=O)OC(CO)COCCCCCCCC/C=C\C/C=C\C/C=C\CC. The number of aliphatic hydroxyl groups excluding tert-OH is 1. The molecule has 1 unspecified atom stereocenters. The van der Waals surface area contributed by atoms with Gasteiger partial charge in [0.1, 0.15) is 6.10 Å². The van der Waals surface area contributed by atoms with Crippen LogP contribution in [0.15, 0.2) is 122 Å². The van der Waals surface area contributed by atoms with Crippen LogP contribution >= 0.6 is 0 Å². The summed E-state index contributed by atoms with van der Waals surface area (Å²) in [4.78, 5) is 12.2. The summed E-state index contributed by atoms with van der Waals surface area (Å²) in [7, 11) is 0. The zero-order valence-corrected chi connectivity index (χ0v) is 32.6. The number of unbranched alkanes of at least 4 members (excludes halogenated alkanes) is 7. The quantitative estimate of drug-likeness (QED) is 0.0406. The Morgan fingerprint density at radius 1 is 0.471 bits per heavy atom. The average Bonchev–Trinajstić information content (AvgIpc) is 3.14. The van der Waals surface area contributed by atoms with Crippen molar-refractivity contribution in [3.05, 3.63) is 122 Å². The third kappa shape index (κ3) is 41.1. The molecule has 0 heterocycles. The Labute approximate surface area is 314 Å². The lowest BCUT2D eigenvalue weighted by Gasteiger charge is -2.15. The highest BCUT2D eigenvalue weighted by molar-refractivity contribution is 5.69. The van der Waals surface area contributed by atoms with Crippen LogP contribution in [0.5, 0.6) is 0 Å². The standard InChI is InChI=1S/C47H74O4/c1-3-5-7-9-11-13-15-17-19-21-22-23-24-25-26-27-28-30-32-34-36-38-40-42-47(49)51-46(44-48)45-50-43-41-39-37-35-33-31-29-20-18-16-14-12-10-8-6-4-2/h5-8,11-14,17-20,22-23,25-26,28,30,34,36,46,48H,3-4,9-10,15-16,21,24,27,29,31-33,35,37-45H2,1-2H3/b7-5-,8-6-,13-11-,14-12-,19-17-,20-18-,23-22-,26-25-,30-28-,36-34-. The largest absolute Gasteiger partial charge is 0.457 e. The van der Waals surface area contributed by atoms with Gasteiger partial charge in [-0.15, -0.1) is 0 Å². The van der Waals surface area contributed by atoms with Crippen LogP contribution in [-0.4, -0.2) is 37.0 Å². The molecule has 0 aliphatic rings. The molecule has 0 saturated heterocycles. The second-order valence-corrected chi connectivity index (χ2v) is 12.6. The van der Waals surface area contributed by atoms with E-state index >= 15 is 0 Å². The summed E-state index contributed by atoms with van der Waals surface area (Å²) in [6, 6.07) is 0. The first-order valence-electron chi connectivity index (χ1n) is 20.1. The number of esters is 1. The molecule has 286 valence electrons. The molecule has 0 aromatic carbocycles.